The Labute approximate surface area is 129 Å². The highest BCUT2D eigenvalue weighted by Crippen LogP contribution is 2.25. The maximum atomic E-state index is 6.45. The molecule has 114 valence electrons. The van der Waals surface area contributed by atoms with E-state index in [0.29, 0.717) is 0 Å². The monoisotopic (exact) mass is 318 g/mol. The Balaban J connectivity index is 2.15. The van der Waals surface area contributed by atoms with Crippen LogP contribution in [0.5, 0.6) is 0 Å². The average molecular weight is 319 g/mol. The molecule has 7 heteroatoms. The number of hydrogen-bond acceptors (Lipinski definition) is 5. The number of halogens is 1. The number of hydrazine groups is 1. The number of nitrogens with two attached hydrogens (primary N) is 1. The molecule has 0 radical (unpaired) electrons. The van der Waals surface area contributed by atoms with E-state index < -0.39 is 0 Å². The number of aryl methyl sites for hydroxylation is 2. The van der Waals surface area contributed by atoms with E-state index >= 15 is 0 Å². The smallest absolute Gasteiger partial charge is 0.0850 e. The molecule has 1 saturated heterocycles. The first-order valence-electron chi connectivity index (χ1n) is 7.10. The molecule has 20 heavy (non-hydrogen) atoms. The molecule has 0 aliphatic carbocycles. The maximum Gasteiger partial charge on any atom is 0.0850 e. The summed E-state index contributed by atoms with van der Waals surface area (Å²) in [6.07, 6.45) is 1.71. The van der Waals surface area contributed by atoms with Crippen molar-refractivity contribution in [2.24, 2.45) is 5.84 Å². The Bertz CT molecular complexity index is 434. The minimum absolute atomic E-state index is 0.0620. The fourth-order valence-electron chi connectivity index (χ4n) is 2.46. The first-order chi connectivity index (χ1) is 9.71. The van der Waals surface area contributed by atoms with Crippen molar-refractivity contribution in [2.45, 2.75) is 45.4 Å². The normalized spacial score (nSPS) is 21.1. The Morgan fingerprint density at radius 1 is 1.60 bits per heavy atom. The van der Waals surface area contributed by atoms with Gasteiger partial charge in [-0.2, -0.15) is 16.9 Å². The van der Waals surface area contributed by atoms with E-state index in [1.807, 2.05) is 16.4 Å². The quantitative estimate of drug-likeness (QED) is 0.616. The highest BCUT2D eigenvalue weighted by atomic mass is 35.5. The number of thioether (sulfide) groups is 1. The Morgan fingerprint density at radius 3 is 2.95 bits per heavy atom. The first kappa shape index (κ1) is 16.1. The number of hydrogen-bond donors (Lipinski definition) is 2. The van der Waals surface area contributed by atoms with Gasteiger partial charge in [-0.3, -0.25) is 16.0 Å². The van der Waals surface area contributed by atoms with E-state index in [9.17, 15) is 0 Å². The second-order valence-corrected chi connectivity index (χ2v) is 6.37. The summed E-state index contributed by atoms with van der Waals surface area (Å²) in [4.78, 5) is 0. The molecule has 3 N–H and O–H groups in total. The molecule has 0 amide bonds. The highest BCUT2D eigenvalue weighted by Gasteiger charge is 2.27. The SMILES string of the molecule is CCc1nn(CC)c(CC(NN)C2CSCCO2)c1Cl. The van der Waals surface area contributed by atoms with Crippen LogP contribution in [0.3, 0.4) is 0 Å². The summed E-state index contributed by atoms with van der Waals surface area (Å²) < 4.78 is 7.79. The summed E-state index contributed by atoms with van der Waals surface area (Å²) in [5.74, 6) is 7.74. The zero-order valence-corrected chi connectivity index (χ0v) is 13.6. The van der Waals surface area contributed by atoms with Gasteiger partial charge in [0.05, 0.1) is 35.2 Å². The molecule has 5 nitrogen and oxygen atoms in total. The summed E-state index contributed by atoms with van der Waals surface area (Å²) in [6.45, 7) is 5.74. The number of rotatable bonds is 6. The zero-order chi connectivity index (χ0) is 14.5. The van der Waals surface area contributed by atoms with Crippen LogP contribution in [0.25, 0.3) is 0 Å². The molecule has 1 aromatic heterocycles. The van der Waals surface area contributed by atoms with Crippen molar-refractivity contribution >= 4 is 23.4 Å². The molecule has 1 fully saturated rings. The lowest BCUT2D eigenvalue weighted by atomic mass is 10.1. The van der Waals surface area contributed by atoms with Gasteiger partial charge in [0.25, 0.3) is 0 Å². The van der Waals surface area contributed by atoms with Gasteiger partial charge in [-0.25, -0.2) is 0 Å². The van der Waals surface area contributed by atoms with Gasteiger partial charge in [-0.15, -0.1) is 0 Å². The number of aromatic nitrogens is 2. The Kier molecular flexibility index (Phi) is 6.17. The fraction of sp³-hybridized carbons (Fsp3) is 0.769. The topological polar surface area (TPSA) is 65.1 Å². The van der Waals surface area contributed by atoms with Crippen LogP contribution in [0.4, 0.5) is 0 Å². The Morgan fingerprint density at radius 2 is 2.40 bits per heavy atom. The standard InChI is InChI=1S/C13H23ClN4OS/c1-3-9-13(14)11(18(4-2)17-9)7-10(16-15)12-8-20-6-5-19-12/h10,12,16H,3-8,15H2,1-2H3. The van der Waals surface area contributed by atoms with Crippen molar-refractivity contribution in [1.82, 2.24) is 15.2 Å². The molecule has 0 saturated carbocycles. The summed E-state index contributed by atoms with van der Waals surface area (Å²) in [7, 11) is 0. The predicted octanol–water partition coefficient (Wildman–Crippen LogP) is 1.63. The number of nitrogens with one attached hydrogen (secondary N) is 1. The highest BCUT2D eigenvalue weighted by molar-refractivity contribution is 7.99. The third-order valence-corrected chi connectivity index (χ3v) is 5.07. The van der Waals surface area contributed by atoms with E-state index in [1.165, 1.54) is 0 Å². The van der Waals surface area contributed by atoms with Gasteiger partial charge in [0, 0.05) is 24.5 Å². The summed E-state index contributed by atoms with van der Waals surface area (Å²) in [5, 5.41) is 5.33. The minimum Gasteiger partial charge on any atom is -0.375 e. The third-order valence-electron chi connectivity index (χ3n) is 3.61. The molecular weight excluding hydrogens is 296 g/mol. The summed E-state index contributed by atoms with van der Waals surface area (Å²) >= 11 is 8.36. The lowest BCUT2D eigenvalue weighted by molar-refractivity contribution is 0.0467. The van der Waals surface area contributed by atoms with Crippen LogP contribution < -0.4 is 11.3 Å². The molecule has 1 aliphatic heterocycles. The van der Waals surface area contributed by atoms with Gasteiger partial charge in [0.15, 0.2) is 0 Å². The lowest BCUT2D eigenvalue weighted by Gasteiger charge is -2.29. The van der Waals surface area contributed by atoms with Gasteiger partial charge < -0.3 is 4.74 Å². The second kappa shape index (κ2) is 7.66. The van der Waals surface area contributed by atoms with Crippen LogP contribution in [0, 0.1) is 0 Å². The van der Waals surface area contributed by atoms with Crippen LogP contribution in [0.2, 0.25) is 5.02 Å². The van der Waals surface area contributed by atoms with E-state index in [0.717, 1.165) is 53.9 Å². The largest absolute Gasteiger partial charge is 0.375 e. The maximum absolute atomic E-state index is 6.45. The molecule has 1 aromatic rings. The van der Waals surface area contributed by atoms with E-state index in [2.05, 4.69) is 24.4 Å². The van der Waals surface area contributed by atoms with Gasteiger partial charge >= 0.3 is 0 Å². The van der Waals surface area contributed by atoms with Gasteiger partial charge in [0.1, 0.15) is 0 Å². The van der Waals surface area contributed by atoms with Crippen molar-refractivity contribution in [3.8, 4) is 0 Å². The van der Waals surface area contributed by atoms with Crippen LogP contribution in [0.1, 0.15) is 25.2 Å². The molecule has 0 aromatic carbocycles. The molecule has 2 atom stereocenters. The van der Waals surface area contributed by atoms with Crippen molar-refractivity contribution in [2.75, 3.05) is 18.1 Å². The molecule has 0 bridgehead atoms. The first-order valence-corrected chi connectivity index (χ1v) is 8.64. The molecule has 0 spiro atoms. The predicted molar refractivity (Wildman–Crippen MR) is 84.2 cm³/mol. The van der Waals surface area contributed by atoms with E-state index in [1.54, 1.807) is 0 Å². The number of ether oxygens (including phenoxy) is 1. The second-order valence-electron chi connectivity index (χ2n) is 4.84. The van der Waals surface area contributed by atoms with E-state index in [-0.39, 0.29) is 12.1 Å². The van der Waals surface area contributed by atoms with Crippen molar-refractivity contribution in [3.05, 3.63) is 16.4 Å². The van der Waals surface area contributed by atoms with Crippen LogP contribution in [0.15, 0.2) is 0 Å². The van der Waals surface area contributed by atoms with Crippen LogP contribution >= 0.6 is 23.4 Å². The van der Waals surface area contributed by atoms with Gasteiger partial charge in [0.2, 0.25) is 0 Å². The third kappa shape index (κ3) is 3.49. The van der Waals surface area contributed by atoms with Gasteiger partial charge in [-0.1, -0.05) is 18.5 Å². The van der Waals surface area contributed by atoms with Crippen LogP contribution in [-0.2, 0) is 24.1 Å². The molecular formula is C13H23ClN4OS. The Hall–Kier alpha value is -0.270. The molecule has 1 aliphatic rings. The average Bonchev–Trinajstić information content (AvgIpc) is 2.81. The summed E-state index contributed by atoms with van der Waals surface area (Å²) in [5.41, 5.74) is 4.89. The fourth-order valence-corrected chi connectivity index (χ4v) is 3.74. The van der Waals surface area contributed by atoms with Gasteiger partial charge in [-0.05, 0) is 13.3 Å². The molecule has 2 unspecified atom stereocenters. The zero-order valence-electron chi connectivity index (χ0n) is 12.1. The summed E-state index contributed by atoms with van der Waals surface area (Å²) in [6, 6.07) is 0.0620. The van der Waals surface area contributed by atoms with Crippen LogP contribution in [-0.4, -0.2) is 40.0 Å². The van der Waals surface area contributed by atoms with E-state index in [4.69, 9.17) is 22.2 Å². The molecule has 2 rings (SSSR count). The lowest BCUT2D eigenvalue weighted by Crippen LogP contribution is -2.49. The minimum atomic E-state index is 0.0620. The number of nitrogens with zero attached hydrogens (tertiary/aromatic N) is 2. The van der Waals surface area contributed by atoms with Crippen molar-refractivity contribution in [3.63, 3.8) is 0 Å². The van der Waals surface area contributed by atoms with Crippen molar-refractivity contribution in [1.29, 1.82) is 0 Å². The molecule has 2 heterocycles. The van der Waals surface area contributed by atoms with Crippen molar-refractivity contribution < 1.29 is 4.74 Å².